The first-order valence-corrected chi connectivity index (χ1v) is 8.53. The molecule has 1 amide bonds. The Balaban J connectivity index is 1.95. The fraction of sp³-hybridized carbons (Fsp3) is 0.118. The SMILES string of the molecule is O=C1CN2C(=NN1)CN=C(c1ccccc1Cl)c1cc(Br)ccc12. The zero-order chi connectivity index (χ0) is 16.7. The van der Waals surface area contributed by atoms with Crippen LogP contribution in [-0.4, -0.2) is 30.5 Å². The van der Waals surface area contributed by atoms with Gasteiger partial charge in [-0.2, -0.15) is 5.10 Å². The molecule has 2 aromatic rings. The number of hydrogen-bond acceptors (Lipinski definition) is 4. The van der Waals surface area contributed by atoms with Gasteiger partial charge in [0, 0.05) is 20.6 Å². The van der Waals surface area contributed by atoms with Crippen LogP contribution in [0.25, 0.3) is 0 Å². The fourth-order valence-electron chi connectivity index (χ4n) is 2.85. The summed E-state index contributed by atoms with van der Waals surface area (Å²) < 4.78 is 0.933. The number of carbonyl (C=O) groups is 1. The standard InChI is InChI=1S/C17H12BrClN4O/c18-10-5-6-14-12(7-10)17(11-3-1-2-4-13(11)19)20-8-15-21-22-16(24)9-23(14)15/h1-7H,8-9H2,(H,22,24). The van der Waals surface area contributed by atoms with Gasteiger partial charge in [-0.25, -0.2) is 5.43 Å². The number of hydrazone groups is 1. The Morgan fingerprint density at radius 2 is 2.00 bits per heavy atom. The van der Waals surface area contributed by atoms with Crippen LogP contribution in [0.15, 0.2) is 57.0 Å². The summed E-state index contributed by atoms with van der Waals surface area (Å²) in [4.78, 5) is 18.4. The molecule has 0 aromatic heterocycles. The predicted molar refractivity (Wildman–Crippen MR) is 99.0 cm³/mol. The van der Waals surface area contributed by atoms with Crippen LogP contribution < -0.4 is 10.3 Å². The molecule has 7 heteroatoms. The zero-order valence-electron chi connectivity index (χ0n) is 12.5. The average Bonchev–Trinajstić information content (AvgIpc) is 2.72. The van der Waals surface area contributed by atoms with Crippen LogP contribution in [0.2, 0.25) is 5.02 Å². The van der Waals surface area contributed by atoms with Gasteiger partial charge in [-0.1, -0.05) is 45.7 Å². The summed E-state index contributed by atoms with van der Waals surface area (Å²) in [6.45, 7) is 0.589. The number of amidine groups is 1. The lowest BCUT2D eigenvalue weighted by Gasteiger charge is -2.28. The van der Waals surface area contributed by atoms with Crippen molar-refractivity contribution in [3.8, 4) is 0 Å². The molecule has 5 nitrogen and oxygen atoms in total. The molecule has 0 atom stereocenters. The van der Waals surface area contributed by atoms with Crippen molar-refractivity contribution in [2.24, 2.45) is 10.1 Å². The third-order valence-corrected chi connectivity index (χ3v) is 4.76. The van der Waals surface area contributed by atoms with E-state index in [1.54, 1.807) is 0 Å². The minimum atomic E-state index is -0.145. The van der Waals surface area contributed by atoms with Gasteiger partial charge in [0.2, 0.25) is 0 Å². The van der Waals surface area contributed by atoms with Crippen LogP contribution >= 0.6 is 27.5 Å². The van der Waals surface area contributed by atoms with Gasteiger partial charge in [-0.05, 0) is 24.3 Å². The number of halogens is 2. The van der Waals surface area contributed by atoms with Gasteiger partial charge in [0.05, 0.1) is 17.9 Å². The lowest BCUT2D eigenvalue weighted by molar-refractivity contribution is -0.119. The van der Waals surface area contributed by atoms with Gasteiger partial charge in [0.15, 0.2) is 5.84 Å². The molecule has 0 saturated carbocycles. The van der Waals surface area contributed by atoms with Crippen LogP contribution in [0.4, 0.5) is 5.69 Å². The van der Waals surface area contributed by atoms with E-state index < -0.39 is 0 Å². The predicted octanol–water partition coefficient (Wildman–Crippen LogP) is 3.20. The molecule has 2 aliphatic rings. The quantitative estimate of drug-likeness (QED) is 0.795. The maximum Gasteiger partial charge on any atom is 0.260 e. The van der Waals surface area contributed by atoms with Crippen molar-refractivity contribution in [3.05, 3.63) is 63.1 Å². The van der Waals surface area contributed by atoms with Gasteiger partial charge in [0.1, 0.15) is 6.54 Å². The Morgan fingerprint density at radius 1 is 1.17 bits per heavy atom. The summed E-state index contributed by atoms with van der Waals surface area (Å²) in [5.41, 5.74) is 5.98. The number of nitrogens with one attached hydrogen (secondary N) is 1. The van der Waals surface area contributed by atoms with Crippen LogP contribution in [-0.2, 0) is 4.79 Å². The number of carbonyl (C=O) groups excluding carboxylic acids is 1. The molecule has 0 aliphatic carbocycles. The molecular formula is C17H12BrClN4O. The lowest BCUT2D eigenvalue weighted by Crippen LogP contribution is -2.46. The molecular weight excluding hydrogens is 392 g/mol. The first kappa shape index (κ1) is 15.4. The molecule has 2 aromatic carbocycles. The normalized spacial score (nSPS) is 16.4. The topological polar surface area (TPSA) is 57.1 Å². The van der Waals surface area contributed by atoms with Crippen LogP contribution in [0.1, 0.15) is 11.1 Å². The number of amides is 1. The van der Waals surface area contributed by atoms with Gasteiger partial charge in [-0.15, -0.1) is 0 Å². The van der Waals surface area contributed by atoms with Crippen molar-refractivity contribution in [3.63, 3.8) is 0 Å². The molecule has 1 N–H and O–H groups in total. The molecule has 2 aliphatic heterocycles. The summed E-state index contributed by atoms with van der Waals surface area (Å²) in [6.07, 6.45) is 0. The summed E-state index contributed by atoms with van der Waals surface area (Å²) in [5.74, 6) is 0.564. The van der Waals surface area contributed by atoms with E-state index in [2.05, 4.69) is 26.5 Å². The van der Waals surface area contributed by atoms with E-state index in [-0.39, 0.29) is 12.5 Å². The number of hydrogen-bond donors (Lipinski definition) is 1. The first-order chi connectivity index (χ1) is 11.6. The number of fused-ring (bicyclic) bond motifs is 3. The van der Waals surface area contributed by atoms with Crippen molar-refractivity contribution >= 4 is 50.7 Å². The highest BCUT2D eigenvalue weighted by molar-refractivity contribution is 9.10. The zero-order valence-corrected chi connectivity index (χ0v) is 14.8. The summed E-state index contributed by atoms with van der Waals surface area (Å²) in [7, 11) is 0. The maximum absolute atomic E-state index is 11.8. The Morgan fingerprint density at radius 3 is 2.83 bits per heavy atom. The number of nitrogens with zero attached hydrogens (tertiary/aromatic N) is 3. The van der Waals surface area contributed by atoms with Gasteiger partial charge >= 0.3 is 0 Å². The second kappa shape index (κ2) is 6.03. The Labute approximate surface area is 152 Å². The van der Waals surface area contributed by atoms with E-state index >= 15 is 0 Å². The molecule has 0 spiro atoms. The van der Waals surface area contributed by atoms with Gasteiger partial charge in [0.25, 0.3) is 5.91 Å². The van der Waals surface area contributed by atoms with E-state index in [0.717, 1.165) is 27.0 Å². The Kier molecular flexibility index (Phi) is 3.86. The van der Waals surface area contributed by atoms with Crippen molar-refractivity contribution in [1.29, 1.82) is 0 Å². The molecule has 0 saturated heterocycles. The number of rotatable bonds is 1. The van der Waals surface area contributed by atoms with Crippen molar-refractivity contribution in [2.45, 2.75) is 0 Å². The molecule has 4 rings (SSSR count). The summed E-state index contributed by atoms with van der Waals surface area (Å²) in [6, 6.07) is 13.5. The highest BCUT2D eigenvalue weighted by Crippen LogP contribution is 2.32. The minimum Gasteiger partial charge on any atom is -0.317 e. The Bertz CT molecular complexity index is 909. The van der Waals surface area contributed by atoms with Crippen molar-refractivity contribution in [2.75, 3.05) is 18.0 Å². The smallest absolute Gasteiger partial charge is 0.260 e. The maximum atomic E-state index is 11.8. The molecule has 0 bridgehead atoms. The number of aliphatic imine (C=N–C) groups is 1. The number of benzene rings is 2. The van der Waals surface area contributed by atoms with Crippen LogP contribution in [0, 0.1) is 0 Å². The highest BCUT2D eigenvalue weighted by atomic mass is 79.9. The van der Waals surface area contributed by atoms with Crippen LogP contribution in [0.5, 0.6) is 0 Å². The molecule has 24 heavy (non-hydrogen) atoms. The van der Waals surface area contributed by atoms with E-state index in [1.807, 2.05) is 47.4 Å². The third-order valence-electron chi connectivity index (χ3n) is 3.94. The molecule has 0 radical (unpaired) electrons. The minimum absolute atomic E-state index is 0.145. The lowest BCUT2D eigenvalue weighted by atomic mass is 10.00. The second-order valence-electron chi connectivity index (χ2n) is 5.46. The van der Waals surface area contributed by atoms with Crippen molar-refractivity contribution < 1.29 is 4.79 Å². The number of anilines is 1. The third kappa shape index (κ3) is 2.61. The summed E-state index contributed by atoms with van der Waals surface area (Å²) >= 11 is 9.91. The van der Waals surface area contributed by atoms with E-state index in [9.17, 15) is 4.79 Å². The molecule has 0 unspecified atom stereocenters. The van der Waals surface area contributed by atoms with Crippen molar-refractivity contribution in [1.82, 2.24) is 5.43 Å². The van der Waals surface area contributed by atoms with E-state index in [1.165, 1.54) is 0 Å². The molecule has 2 heterocycles. The largest absolute Gasteiger partial charge is 0.317 e. The highest BCUT2D eigenvalue weighted by Gasteiger charge is 2.28. The van der Waals surface area contributed by atoms with E-state index in [4.69, 9.17) is 16.6 Å². The molecule has 0 fully saturated rings. The fourth-order valence-corrected chi connectivity index (χ4v) is 3.44. The monoisotopic (exact) mass is 402 g/mol. The average molecular weight is 404 g/mol. The van der Waals surface area contributed by atoms with Gasteiger partial charge in [-0.3, -0.25) is 9.79 Å². The van der Waals surface area contributed by atoms with Crippen LogP contribution in [0.3, 0.4) is 0 Å². The second-order valence-corrected chi connectivity index (χ2v) is 6.78. The van der Waals surface area contributed by atoms with E-state index in [0.29, 0.717) is 17.4 Å². The molecule has 120 valence electrons. The first-order valence-electron chi connectivity index (χ1n) is 7.36. The summed E-state index contributed by atoms with van der Waals surface area (Å²) in [5, 5.41) is 4.79. The Hall–Kier alpha value is -2.18. The van der Waals surface area contributed by atoms with Gasteiger partial charge < -0.3 is 4.90 Å².